The smallest absolute Gasteiger partial charge is 0.222 e. The topological polar surface area (TPSA) is 97.0 Å². The summed E-state index contributed by atoms with van der Waals surface area (Å²) in [6.07, 6.45) is 3.00. The van der Waals surface area contributed by atoms with Gasteiger partial charge in [-0.3, -0.25) is 0 Å². The van der Waals surface area contributed by atoms with Crippen molar-refractivity contribution in [2.75, 3.05) is 17.7 Å². The SMILES string of the molecule is Cc1nc(N)nc(NC2CCC(CO)C2)c1-c1nc2ccccc2s1. The van der Waals surface area contributed by atoms with Gasteiger partial charge in [-0.1, -0.05) is 12.1 Å². The van der Waals surface area contributed by atoms with E-state index >= 15 is 0 Å². The van der Waals surface area contributed by atoms with E-state index in [0.717, 1.165) is 51.6 Å². The lowest BCUT2D eigenvalue weighted by atomic mass is 10.1. The van der Waals surface area contributed by atoms with Crippen molar-refractivity contribution in [1.29, 1.82) is 0 Å². The number of nitrogens with one attached hydrogen (secondary N) is 1. The summed E-state index contributed by atoms with van der Waals surface area (Å²) in [5, 5.41) is 13.8. The van der Waals surface area contributed by atoms with Gasteiger partial charge < -0.3 is 16.2 Å². The van der Waals surface area contributed by atoms with Crippen LogP contribution >= 0.6 is 11.3 Å². The molecule has 2 unspecified atom stereocenters. The van der Waals surface area contributed by atoms with E-state index < -0.39 is 0 Å². The van der Waals surface area contributed by atoms with E-state index in [0.29, 0.717) is 12.0 Å². The van der Waals surface area contributed by atoms with Gasteiger partial charge in [0.05, 0.1) is 21.5 Å². The molecule has 0 radical (unpaired) electrons. The number of hydrogen-bond acceptors (Lipinski definition) is 7. The molecule has 4 rings (SSSR count). The summed E-state index contributed by atoms with van der Waals surface area (Å²) in [6, 6.07) is 8.38. The van der Waals surface area contributed by atoms with E-state index in [1.54, 1.807) is 11.3 Å². The van der Waals surface area contributed by atoms with Gasteiger partial charge in [0.2, 0.25) is 5.95 Å². The molecule has 1 fully saturated rings. The lowest BCUT2D eigenvalue weighted by molar-refractivity contribution is 0.229. The molecule has 0 bridgehead atoms. The molecular formula is C18H21N5OS. The Morgan fingerprint density at radius 2 is 2.08 bits per heavy atom. The molecule has 25 heavy (non-hydrogen) atoms. The van der Waals surface area contributed by atoms with Crippen LogP contribution in [0.3, 0.4) is 0 Å². The van der Waals surface area contributed by atoms with Crippen molar-refractivity contribution in [2.45, 2.75) is 32.2 Å². The molecular weight excluding hydrogens is 334 g/mol. The number of fused-ring (bicyclic) bond motifs is 1. The number of nitrogens with zero attached hydrogens (tertiary/aromatic N) is 3. The van der Waals surface area contributed by atoms with E-state index in [9.17, 15) is 5.11 Å². The zero-order chi connectivity index (χ0) is 17.4. The summed E-state index contributed by atoms with van der Waals surface area (Å²) in [6.45, 7) is 2.18. The maximum atomic E-state index is 9.37. The lowest BCUT2D eigenvalue weighted by Gasteiger charge is -2.17. The Bertz CT molecular complexity index is 877. The van der Waals surface area contributed by atoms with Crippen molar-refractivity contribution in [3.8, 4) is 10.6 Å². The van der Waals surface area contributed by atoms with Crippen LogP contribution in [-0.2, 0) is 0 Å². The molecule has 1 aliphatic rings. The Hall–Kier alpha value is -2.25. The molecule has 2 aromatic heterocycles. The molecule has 0 spiro atoms. The summed E-state index contributed by atoms with van der Waals surface area (Å²) in [5.74, 6) is 1.37. The Kier molecular flexibility index (Phi) is 4.27. The van der Waals surface area contributed by atoms with E-state index in [4.69, 9.17) is 10.7 Å². The number of nitrogens with two attached hydrogens (primary N) is 1. The Labute approximate surface area is 150 Å². The summed E-state index contributed by atoms with van der Waals surface area (Å²) >= 11 is 1.64. The molecule has 3 aromatic rings. The van der Waals surface area contributed by atoms with Crippen molar-refractivity contribution in [3.05, 3.63) is 30.0 Å². The van der Waals surface area contributed by atoms with Gasteiger partial charge >= 0.3 is 0 Å². The molecule has 2 heterocycles. The molecule has 6 nitrogen and oxygen atoms in total. The summed E-state index contributed by atoms with van der Waals surface area (Å²) in [7, 11) is 0. The number of rotatable bonds is 4. The number of aliphatic hydroxyl groups excluding tert-OH is 1. The fourth-order valence-corrected chi connectivity index (χ4v) is 4.56. The van der Waals surface area contributed by atoms with Gasteiger partial charge in [0.25, 0.3) is 0 Å². The standard InChI is InChI=1S/C18H21N5OS/c1-10-15(17-22-13-4-2-3-5-14(13)25-17)16(23-18(19)20-10)21-12-7-6-11(8-12)9-24/h2-5,11-12,24H,6-9H2,1H3,(H3,19,20,21,23). The van der Waals surface area contributed by atoms with Crippen LogP contribution in [-0.4, -0.2) is 32.7 Å². The molecule has 2 atom stereocenters. The van der Waals surface area contributed by atoms with E-state index in [1.807, 2.05) is 25.1 Å². The number of aryl methyl sites for hydroxylation is 1. The van der Waals surface area contributed by atoms with Crippen molar-refractivity contribution in [1.82, 2.24) is 15.0 Å². The van der Waals surface area contributed by atoms with Crippen LogP contribution in [0.2, 0.25) is 0 Å². The fraction of sp³-hybridized carbons (Fsp3) is 0.389. The lowest BCUT2D eigenvalue weighted by Crippen LogP contribution is -2.19. The van der Waals surface area contributed by atoms with Crippen molar-refractivity contribution < 1.29 is 5.11 Å². The Balaban J connectivity index is 1.73. The third-order valence-corrected chi connectivity index (χ3v) is 5.81. The zero-order valence-electron chi connectivity index (χ0n) is 14.1. The van der Waals surface area contributed by atoms with Crippen LogP contribution in [0, 0.1) is 12.8 Å². The van der Waals surface area contributed by atoms with E-state index in [2.05, 4.69) is 21.4 Å². The third-order valence-electron chi connectivity index (χ3n) is 4.76. The van der Waals surface area contributed by atoms with E-state index in [1.165, 1.54) is 0 Å². The highest BCUT2D eigenvalue weighted by molar-refractivity contribution is 7.21. The first kappa shape index (κ1) is 16.2. The average molecular weight is 355 g/mol. The van der Waals surface area contributed by atoms with Crippen molar-refractivity contribution in [2.24, 2.45) is 5.92 Å². The molecule has 7 heteroatoms. The number of nitrogen functional groups attached to an aromatic ring is 1. The highest BCUT2D eigenvalue weighted by atomic mass is 32.1. The van der Waals surface area contributed by atoms with Crippen molar-refractivity contribution >= 4 is 33.3 Å². The number of para-hydroxylation sites is 1. The van der Waals surface area contributed by atoms with E-state index in [-0.39, 0.29) is 12.6 Å². The van der Waals surface area contributed by atoms with Gasteiger partial charge in [0.15, 0.2) is 0 Å². The van der Waals surface area contributed by atoms with Crippen LogP contribution in [0.1, 0.15) is 25.0 Å². The third kappa shape index (κ3) is 3.17. The molecule has 130 valence electrons. The summed E-state index contributed by atoms with van der Waals surface area (Å²) in [4.78, 5) is 13.6. The first-order valence-corrected chi connectivity index (χ1v) is 9.33. The Morgan fingerprint density at radius 3 is 2.84 bits per heavy atom. The average Bonchev–Trinajstić information content (AvgIpc) is 3.20. The van der Waals surface area contributed by atoms with Crippen LogP contribution in [0.25, 0.3) is 20.8 Å². The predicted octanol–water partition coefficient (Wildman–Crippen LogP) is 3.22. The number of hydrogen-bond donors (Lipinski definition) is 3. The van der Waals surface area contributed by atoms with Gasteiger partial charge in [-0.2, -0.15) is 4.98 Å². The highest BCUT2D eigenvalue weighted by Crippen LogP contribution is 2.37. The largest absolute Gasteiger partial charge is 0.396 e. The number of aliphatic hydroxyl groups is 1. The van der Waals surface area contributed by atoms with Crippen LogP contribution in [0.5, 0.6) is 0 Å². The molecule has 0 saturated heterocycles. The monoisotopic (exact) mass is 355 g/mol. The molecule has 1 saturated carbocycles. The highest BCUT2D eigenvalue weighted by Gasteiger charge is 2.26. The zero-order valence-corrected chi connectivity index (χ0v) is 14.9. The van der Waals surface area contributed by atoms with Crippen LogP contribution in [0.4, 0.5) is 11.8 Å². The molecule has 1 aliphatic carbocycles. The number of benzene rings is 1. The number of anilines is 2. The number of thiazole rings is 1. The second kappa shape index (κ2) is 6.57. The summed E-state index contributed by atoms with van der Waals surface area (Å²) in [5.41, 5.74) is 8.61. The molecule has 1 aromatic carbocycles. The molecule has 0 amide bonds. The van der Waals surface area contributed by atoms with Crippen molar-refractivity contribution in [3.63, 3.8) is 0 Å². The van der Waals surface area contributed by atoms with Gasteiger partial charge in [-0.25, -0.2) is 9.97 Å². The summed E-state index contributed by atoms with van der Waals surface area (Å²) < 4.78 is 1.14. The second-order valence-corrected chi connectivity index (χ2v) is 7.61. The minimum Gasteiger partial charge on any atom is -0.396 e. The second-order valence-electron chi connectivity index (χ2n) is 6.58. The maximum absolute atomic E-state index is 9.37. The first-order valence-electron chi connectivity index (χ1n) is 8.51. The minimum atomic E-state index is 0.244. The Morgan fingerprint density at radius 1 is 1.24 bits per heavy atom. The normalized spacial score (nSPS) is 20.2. The first-order chi connectivity index (χ1) is 12.1. The predicted molar refractivity (Wildman–Crippen MR) is 102 cm³/mol. The van der Waals surface area contributed by atoms with Crippen LogP contribution in [0.15, 0.2) is 24.3 Å². The van der Waals surface area contributed by atoms with Crippen LogP contribution < -0.4 is 11.1 Å². The van der Waals surface area contributed by atoms with Gasteiger partial charge in [0, 0.05) is 12.6 Å². The minimum absolute atomic E-state index is 0.244. The maximum Gasteiger partial charge on any atom is 0.222 e. The fourth-order valence-electron chi connectivity index (χ4n) is 3.50. The molecule has 4 N–H and O–H groups in total. The number of aromatic nitrogens is 3. The van der Waals surface area contributed by atoms with Gasteiger partial charge in [0.1, 0.15) is 10.8 Å². The van der Waals surface area contributed by atoms with Gasteiger partial charge in [-0.15, -0.1) is 11.3 Å². The quantitative estimate of drug-likeness (QED) is 0.665. The molecule has 0 aliphatic heterocycles. The van der Waals surface area contributed by atoms with Gasteiger partial charge in [-0.05, 0) is 44.2 Å².